The first-order valence-electron chi connectivity index (χ1n) is 5.36. The van der Waals surface area contributed by atoms with Crippen LogP contribution in [0.2, 0.25) is 0 Å². The monoisotopic (exact) mass is 219 g/mol. The molecule has 1 aromatic heterocycles. The molecule has 0 aliphatic heterocycles. The molecule has 0 unspecified atom stereocenters. The number of hydrogen-bond acceptors (Lipinski definition) is 3. The van der Waals surface area contributed by atoms with Crippen LogP contribution in [0, 0.1) is 0 Å². The summed E-state index contributed by atoms with van der Waals surface area (Å²) in [5, 5.41) is 0. The van der Waals surface area contributed by atoms with Gasteiger partial charge in [-0.05, 0) is 26.2 Å². The molecule has 0 spiro atoms. The van der Waals surface area contributed by atoms with Gasteiger partial charge in [-0.2, -0.15) is 0 Å². The van der Waals surface area contributed by atoms with Crippen molar-refractivity contribution in [3.8, 4) is 5.75 Å². The largest absolute Gasteiger partial charge is 0.497 e. The molecule has 2 rings (SSSR count). The smallest absolute Gasteiger partial charge is 0.121 e. The molecule has 1 heterocycles. The normalized spacial score (nSPS) is 11.2. The number of nitrogens with one attached hydrogen (secondary N) is 1. The molecule has 0 amide bonds. The average Bonchev–Trinajstić information content (AvgIpc) is 2.67. The number of aromatic amines is 1. The average molecular weight is 219 g/mol. The molecule has 4 heteroatoms. The van der Waals surface area contributed by atoms with Crippen LogP contribution in [0.1, 0.15) is 5.82 Å². The standard InChI is InChI=1S/C12H17N3O/c1-15(2)7-6-12-13-10-5-4-9(16-3)8-11(10)14-12/h4-5,8H,6-7H2,1-3H3,(H,13,14). The van der Waals surface area contributed by atoms with Crippen molar-refractivity contribution < 1.29 is 4.74 Å². The highest BCUT2D eigenvalue weighted by atomic mass is 16.5. The van der Waals surface area contributed by atoms with Crippen LogP contribution in [0.5, 0.6) is 5.75 Å². The van der Waals surface area contributed by atoms with E-state index >= 15 is 0 Å². The summed E-state index contributed by atoms with van der Waals surface area (Å²) in [6, 6.07) is 5.88. The van der Waals surface area contributed by atoms with Crippen molar-refractivity contribution >= 4 is 11.0 Å². The van der Waals surface area contributed by atoms with E-state index in [9.17, 15) is 0 Å². The highest BCUT2D eigenvalue weighted by Gasteiger charge is 2.04. The van der Waals surface area contributed by atoms with Gasteiger partial charge < -0.3 is 14.6 Å². The van der Waals surface area contributed by atoms with Gasteiger partial charge in [-0.25, -0.2) is 4.98 Å². The maximum absolute atomic E-state index is 5.17. The molecule has 1 N–H and O–H groups in total. The van der Waals surface area contributed by atoms with Crippen molar-refractivity contribution in [3.63, 3.8) is 0 Å². The molecular formula is C12H17N3O. The number of methoxy groups -OCH3 is 1. The van der Waals surface area contributed by atoms with E-state index < -0.39 is 0 Å². The van der Waals surface area contributed by atoms with Crippen molar-refractivity contribution in [1.29, 1.82) is 0 Å². The van der Waals surface area contributed by atoms with Gasteiger partial charge in [0.05, 0.1) is 18.1 Å². The number of imidazole rings is 1. The molecule has 0 saturated carbocycles. The lowest BCUT2D eigenvalue weighted by Crippen LogP contribution is -2.15. The van der Waals surface area contributed by atoms with Gasteiger partial charge in [0.25, 0.3) is 0 Å². The zero-order valence-corrected chi connectivity index (χ0v) is 9.95. The summed E-state index contributed by atoms with van der Waals surface area (Å²) in [5.74, 6) is 1.88. The van der Waals surface area contributed by atoms with E-state index in [1.54, 1.807) is 7.11 Å². The van der Waals surface area contributed by atoms with Crippen LogP contribution in [0.15, 0.2) is 18.2 Å². The van der Waals surface area contributed by atoms with E-state index in [4.69, 9.17) is 4.74 Å². The fraction of sp³-hybridized carbons (Fsp3) is 0.417. The summed E-state index contributed by atoms with van der Waals surface area (Å²) < 4.78 is 5.17. The van der Waals surface area contributed by atoms with Crippen molar-refractivity contribution in [2.24, 2.45) is 0 Å². The number of H-pyrrole nitrogens is 1. The second-order valence-corrected chi connectivity index (χ2v) is 4.12. The Kier molecular flexibility index (Phi) is 3.10. The Morgan fingerprint density at radius 3 is 2.88 bits per heavy atom. The second-order valence-electron chi connectivity index (χ2n) is 4.12. The molecule has 0 aliphatic rings. The summed E-state index contributed by atoms with van der Waals surface area (Å²) in [6.45, 7) is 0.997. The third-order valence-electron chi connectivity index (χ3n) is 2.53. The molecule has 0 saturated heterocycles. The molecule has 0 atom stereocenters. The molecule has 0 bridgehead atoms. The fourth-order valence-electron chi connectivity index (χ4n) is 1.62. The Hall–Kier alpha value is -1.55. The van der Waals surface area contributed by atoms with Gasteiger partial charge in [0.2, 0.25) is 0 Å². The van der Waals surface area contributed by atoms with Crippen LogP contribution in [-0.2, 0) is 6.42 Å². The number of nitrogens with zero attached hydrogens (tertiary/aromatic N) is 2. The zero-order chi connectivity index (χ0) is 11.5. The van der Waals surface area contributed by atoms with E-state index in [2.05, 4.69) is 29.0 Å². The predicted octanol–water partition coefficient (Wildman–Crippen LogP) is 1.68. The molecule has 0 aliphatic carbocycles. The minimum Gasteiger partial charge on any atom is -0.497 e. The number of benzene rings is 1. The first-order chi connectivity index (χ1) is 7.69. The summed E-state index contributed by atoms with van der Waals surface area (Å²) in [4.78, 5) is 9.98. The minimum absolute atomic E-state index is 0.857. The topological polar surface area (TPSA) is 41.1 Å². The SMILES string of the molecule is COc1ccc2nc(CCN(C)C)[nH]c2c1. The van der Waals surface area contributed by atoms with E-state index in [1.165, 1.54) is 0 Å². The molecule has 0 radical (unpaired) electrons. The van der Waals surface area contributed by atoms with Gasteiger partial charge in [-0.1, -0.05) is 0 Å². The molecular weight excluding hydrogens is 202 g/mol. The van der Waals surface area contributed by atoms with Crippen molar-refractivity contribution in [2.45, 2.75) is 6.42 Å². The first kappa shape index (κ1) is 11.0. The van der Waals surface area contributed by atoms with Gasteiger partial charge in [-0.15, -0.1) is 0 Å². The van der Waals surface area contributed by atoms with Gasteiger partial charge in [0.1, 0.15) is 11.6 Å². The molecule has 1 aromatic carbocycles. The number of hydrogen-bond donors (Lipinski definition) is 1. The molecule has 0 fully saturated rings. The number of fused-ring (bicyclic) bond motifs is 1. The summed E-state index contributed by atoms with van der Waals surface area (Å²) in [6.07, 6.45) is 0.935. The van der Waals surface area contributed by atoms with Crippen LogP contribution in [-0.4, -0.2) is 42.6 Å². The minimum atomic E-state index is 0.857. The van der Waals surface area contributed by atoms with Crippen LogP contribution in [0.4, 0.5) is 0 Å². The lowest BCUT2D eigenvalue weighted by molar-refractivity contribution is 0.410. The molecule has 86 valence electrons. The maximum atomic E-state index is 5.17. The lowest BCUT2D eigenvalue weighted by atomic mass is 10.3. The Morgan fingerprint density at radius 2 is 2.19 bits per heavy atom. The van der Waals surface area contributed by atoms with Crippen LogP contribution in [0.3, 0.4) is 0 Å². The van der Waals surface area contributed by atoms with Gasteiger partial charge in [-0.3, -0.25) is 0 Å². The van der Waals surface area contributed by atoms with Crippen LogP contribution < -0.4 is 4.74 Å². The number of ether oxygens (including phenoxy) is 1. The molecule has 4 nitrogen and oxygen atoms in total. The van der Waals surface area contributed by atoms with Crippen molar-refractivity contribution in [2.75, 3.05) is 27.7 Å². The molecule has 2 aromatic rings. The lowest BCUT2D eigenvalue weighted by Gasteiger charge is -2.06. The summed E-state index contributed by atoms with van der Waals surface area (Å²) in [5.41, 5.74) is 2.03. The van der Waals surface area contributed by atoms with E-state index in [0.29, 0.717) is 0 Å². The molecule has 16 heavy (non-hydrogen) atoms. The van der Waals surface area contributed by atoms with E-state index in [0.717, 1.165) is 35.6 Å². The van der Waals surface area contributed by atoms with Crippen molar-refractivity contribution in [1.82, 2.24) is 14.9 Å². The second kappa shape index (κ2) is 4.53. The summed E-state index contributed by atoms with van der Waals surface area (Å²) >= 11 is 0. The van der Waals surface area contributed by atoms with E-state index in [1.807, 2.05) is 18.2 Å². The Balaban J connectivity index is 2.22. The third kappa shape index (κ3) is 2.33. The highest BCUT2D eigenvalue weighted by molar-refractivity contribution is 5.76. The van der Waals surface area contributed by atoms with Gasteiger partial charge in [0.15, 0.2) is 0 Å². The van der Waals surface area contributed by atoms with E-state index in [-0.39, 0.29) is 0 Å². The quantitative estimate of drug-likeness (QED) is 0.850. The Bertz CT molecular complexity index is 476. The number of rotatable bonds is 4. The van der Waals surface area contributed by atoms with Crippen molar-refractivity contribution in [3.05, 3.63) is 24.0 Å². The van der Waals surface area contributed by atoms with Crippen LogP contribution >= 0.6 is 0 Å². The zero-order valence-electron chi connectivity index (χ0n) is 9.95. The summed E-state index contributed by atoms with van der Waals surface area (Å²) in [7, 11) is 5.79. The predicted molar refractivity (Wildman–Crippen MR) is 64.9 cm³/mol. The van der Waals surface area contributed by atoms with Gasteiger partial charge >= 0.3 is 0 Å². The maximum Gasteiger partial charge on any atom is 0.121 e. The van der Waals surface area contributed by atoms with Crippen LogP contribution in [0.25, 0.3) is 11.0 Å². The number of likely N-dealkylation sites (N-methyl/N-ethyl adjacent to an activating group) is 1. The Morgan fingerprint density at radius 1 is 1.38 bits per heavy atom. The third-order valence-corrected chi connectivity index (χ3v) is 2.53. The first-order valence-corrected chi connectivity index (χ1v) is 5.36. The fourth-order valence-corrected chi connectivity index (χ4v) is 1.62. The number of aromatic nitrogens is 2. The van der Waals surface area contributed by atoms with Gasteiger partial charge in [0, 0.05) is 19.0 Å². The highest BCUT2D eigenvalue weighted by Crippen LogP contribution is 2.18. The Labute approximate surface area is 95.2 Å².